The van der Waals surface area contributed by atoms with Crippen LogP contribution in [0.5, 0.6) is 0 Å². The maximum atomic E-state index is 14.1. The predicted molar refractivity (Wildman–Crippen MR) is 162 cm³/mol. The molecular weight excluding hydrogens is 536 g/mol. The zero-order chi connectivity index (χ0) is 29.3. The highest BCUT2D eigenvalue weighted by molar-refractivity contribution is 7.07. The van der Waals surface area contributed by atoms with E-state index in [1.165, 1.54) is 16.3 Å². The van der Waals surface area contributed by atoms with Crippen LogP contribution in [-0.4, -0.2) is 28.8 Å². The van der Waals surface area contributed by atoms with Gasteiger partial charge in [0.1, 0.15) is 5.92 Å². The van der Waals surface area contributed by atoms with Crippen LogP contribution >= 0.6 is 11.3 Å². The number of para-hydroxylation sites is 1. The maximum absolute atomic E-state index is 14.1. The third-order valence-corrected chi connectivity index (χ3v) is 8.31. The number of aromatic nitrogens is 1. The Kier molecular flexibility index (Phi) is 8.17. The second-order valence-corrected chi connectivity index (χ2v) is 11.5. The van der Waals surface area contributed by atoms with E-state index in [9.17, 15) is 14.4 Å². The maximum Gasteiger partial charge on any atom is 0.338 e. The fraction of sp³-hybridized carbons (Fsp3) is 0.344. The minimum atomic E-state index is -0.690. The molecule has 3 aromatic rings. The van der Waals surface area contributed by atoms with Gasteiger partial charge in [0, 0.05) is 0 Å². The van der Waals surface area contributed by atoms with Crippen molar-refractivity contribution in [2.45, 2.75) is 59.4 Å². The zero-order valence-electron chi connectivity index (χ0n) is 24.0. The van der Waals surface area contributed by atoms with Gasteiger partial charge in [-0.15, -0.1) is 0 Å². The van der Waals surface area contributed by atoms with Crippen molar-refractivity contribution in [2.75, 3.05) is 11.6 Å². The van der Waals surface area contributed by atoms with E-state index >= 15 is 0 Å². The monoisotopic (exact) mass is 570 g/mol. The van der Waals surface area contributed by atoms with E-state index < -0.39 is 17.9 Å². The number of rotatable bonds is 8. The smallest absolute Gasteiger partial charge is 0.338 e. The van der Waals surface area contributed by atoms with Gasteiger partial charge in [-0.05, 0) is 55.5 Å². The second kappa shape index (κ2) is 11.8. The summed E-state index contributed by atoms with van der Waals surface area (Å²) < 4.78 is 7.44. The largest absolute Gasteiger partial charge is 0.463 e. The van der Waals surface area contributed by atoms with Gasteiger partial charge >= 0.3 is 5.97 Å². The first-order chi connectivity index (χ1) is 19.7. The number of allylic oxidation sites excluding steroid dienone is 1. The zero-order valence-corrected chi connectivity index (χ0v) is 24.8. The molecule has 212 valence electrons. The van der Waals surface area contributed by atoms with E-state index in [4.69, 9.17) is 9.73 Å². The molecule has 2 atom stereocenters. The molecule has 9 heteroatoms. The molecule has 0 N–H and O–H groups in total. The van der Waals surface area contributed by atoms with Crippen molar-refractivity contribution < 1.29 is 14.3 Å². The lowest BCUT2D eigenvalue weighted by Crippen LogP contribution is -2.40. The highest BCUT2D eigenvalue weighted by Gasteiger charge is 2.36. The molecule has 0 fully saturated rings. The lowest BCUT2D eigenvalue weighted by molar-refractivity contribution is -0.139. The summed E-state index contributed by atoms with van der Waals surface area (Å²) in [5.41, 5.74) is 3.94. The summed E-state index contributed by atoms with van der Waals surface area (Å²) in [6.45, 7) is 10.0. The van der Waals surface area contributed by atoms with Gasteiger partial charge in [-0.2, -0.15) is 10.1 Å². The second-order valence-electron chi connectivity index (χ2n) is 10.5. The highest BCUT2D eigenvalue weighted by atomic mass is 32.1. The molecule has 0 aliphatic carbocycles. The molecule has 3 heterocycles. The fourth-order valence-electron chi connectivity index (χ4n) is 5.19. The topological polar surface area (TPSA) is 93.3 Å². The molecule has 1 amide bonds. The Morgan fingerprint density at radius 2 is 1.78 bits per heavy atom. The van der Waals surface area contributed by atoms with Gasteiger partial charge in [0.05, 0.1) is 39.9 Å². The average Bonchev–Trinajstić information content (AvgIpc) is 3.43. The fourth-order valence-corrected chi connectivity index (χ4v) is 6.22. The number of nitrogens with zero attached hydrogens (tertiary/aromatic N) is 4. The number of hydrogen-bond donors (Lipinski definition) is 0. The lowest BCUT2D eigenvalue weighted by Gasteiger charge is -2.26. The summed E-state index contributed by atoms with van der Waals surface area (Å²) in [5.74, 6) is -1.04. The van der Waals surface area contributed by atoms with Gasteiger partial charge in [0.2, 0.25) is 0 Å². The van der Waals surface area contributed by atoms with Crippen molar-refractivity contribution in [3.8, 4) is 0 Å². The third kappa shape index (κ3) is 5.34. The average molecular weight is 571 g/mol. The molecule has 1 aromatic heterocycles. The van der Waals surface area contributed by atoms with Crippen molar-refractivity contribution >= 4 is 40.7 Å². The van der Waals surface area contributed by atoms with Crippen LogP contribution in [0.15, 0.2) is 80.8 Å². The van der Waals surface area contributed by atoms with Crippen LogP contribution < -0.4 is 19.9 Å². The molecule has 5 rings (SSSR count). The number of amides is 1. The molecule has 0 spiro atoms. The number of carbonyl (C=O) groups excluding carboxylic acids is 2. The standard InChI is InChI=1S/C32H34N4O4S/c1-6-11-25-27(31(39)40-7-2)28(22-16-14-21(15-17-22)19(3)4)35-30(38)26(41-32(35)33-25)18-24-20(5)34-36(29(24)37)23-12-9-8-10-13-23/h8-10,12-19,24,28H,6-7,11H2,1-5H3/b26-18+/t24-,28-/m0/s1. The van der Waals surface area contributed by atoms with Crippen LogP contribution in [0.3, 0.4) is 0 Å². The molecule has 0 radical (unpaired) electrons. The van der Waals surface area contributed by atoms with Gasteiger partial charge in [0.25, 0.3) is 11.5 Å². The van der Waals surface area contributed by atoms with Crippen LogP contribution in [0.1, 0.15) is 70.5 Å². The van der Waals surface area contributed by atoms with Crippen molar-refractivity contribution in [1.82, 2.24) is 4.57 Å². The highest BCUT2D eigenvalue weighted by Crippen LogP contribution is 2.33. The van der Waals surface area contributed by atoms with E-state index in [1.807, 2.05) is 61.5 Å². The van der Waals surface area contributed by atoms with Gasteiger partial charge < -0.3 is 4.74 Å². The number of thiazole rings is 1. The summed E-state index contributed by atoms with van der Waals surface area (Å²) in [5, 5.41) is 5.86. The van der Waals surface area contributed by atoms with Crippen LogP contribution in [0.4, 0.5) is 5.69 Å². The van der Waals surface area contributed by atoms with Gasteiger partial charge in [0.15, 0.2) is 4.80 Å². The van der Waals surface area contributed by atoms with Gasteiger partial charge in [-0.25, -0.2) is 9.79 Å². The Bertz CT molecular complexity index is 1720. The summed E-state index contributed by atoms with van der Waals surface area (Å²) in [7, 11) is 0. The Labute approximate surface area is 243 Å². The number of ether oxygens (including phenoxy) is 1. The van der Waals surface area contributed by atoms with E-state index in [0.717, 1.165) is 17.5 Å². The molecule has 2 aromatic carbocycles. The number of carbonyl (C=O) groups is 2. The van der Waals surface area contributed by atoms with Crippen LogP contribution in [0.2, 0.25) is 0 Å². The van der Waals surface area contributed by atoms with Crippen LogP contribution in [-0.2, 0) is 14.3 Å². The third-order valence-electron chi connectivity index (χ3n) is 7.31. The van der Waals surface area contributed by atoms with E-state index in [0.29, 0.717) is 44.3 Å². The first-order valence-corrected chi connectivity index (χ1v) is 14.8. The Morgan fingerprint density at radius 3 is 2.41 bits per heavy atom. The predicted octanol–water partition coefficient (Wildman–Crippen LogP) is 4.69. The van der Waals surface area contributed by atoms with Gasteiger partial charge in [-0.1, -0.05) is 81.0 Å². The molecule has 0 saturated carbocycles. The molecule has 8 nitrogen and oxygen atoms in total. The summed E-state index contributed by atoms with van der Waals surface area (Å²) in [4.78, 5) is 46.1. The Morgan fingerprint density at radius 1 is 1.07 bits per heavy atom. The number of hydrazone groups is 1. The minimum absolute atomic E-state index is 0.214. The van der Waals surface area contributed by atoms with Crippen LogP contribution in [0, 0.1) is 5.92 Å². The van der Waals surface area contributed by atoms with Gasteiger partial charge in [-0.3, -0.25) is 14.2 Å². The van der Waals surface area contributed by atoms with Crippen molar-refractivity contribution in [3.05, 3.63) is 96.7 Å². The molecule has 2 aliphatic rings. The van der Waals surface area contributed by atoms with Crippen molar-refractivity contribution in [2.24, 2.45) is 16.0 Å². The van der Waals surface area contributed by atoms with Crippen LogP contribution in [0.25, 0.3) is 6.08 Å². The Hall–Kier alpha value is -4.11. The molecule has 2 aliphatic heterocycles. The normalized spacial score (nSPS) is 19.0. The minimum Gasteiger partial charge on any atom is -0.463 e. The quantitative estimate of drug-likeness (QED) is 0.367. The summed E-state index contributed by atoms with van der Waals surface area (Å²) >= 11 is 1.23. The number of benzene rings is 2. The first kappa shape index (κ1) is 28.4. The molecular formula is C32H34N4O4S. The van der Waals surface area contributed by atoms with E-state index in [1.54, 1.807) is 24.5 Å². The van der Waals surface area contributed by atoms with Crippen molar-refractivity contribution in [1.29, 1.82) is 0 Å². The SMILES string of the molecule is CCCC1=C(C(=O)OCC)[C@H](c2ccc(C(C)C)cc2)n2c(s/c(=C/[C@@H]3C(=O)N(c4ccccc4)N=C3C)c2=O)=N1. The Balaban J connectivity index is 1.66. The summed E-state index contributed by atoms with van der Waals surface area (Å²) in [6, 6.07) is 16.5. The molecule has 41 heavy (non-hydrogen) atoms. The number of anilines is 1. The molecule has 0 bridgehead atoms. The van der Waals surface area contributed by atoms with Crippen molar-refractivity contribution in [3.63, 3.8) is 0 Å². The number of fused-ring (bicyclic) bond motifs is 1. The molecule has 0 saturated heterocycles. The van der Waals surface area contributed by atoms with E-state index in [-0.39, 0.29) is 18.1 Å². The number of esters is 1. The summed E-state index contributed by atoms with van der Waals surface area (Å²) in [6.07, 6.45) is 3.02. The lowest BCUT2D eigenvalue weighted by atomic mass is 9.92. The van der Waals surface area contributed by atoms with E-state index in [2.05, 4.69) is 18.9 Å². The molecule has 0 unspecified atom stereocenters. The first-order valence-electron chi connectivity index (χ1n) is 14.0. The number of hydrogen-bond acceptors (Lipinski definition) is 7.